The number of nitrogens with zero attached hydrogens (tertiary/aromatic N) is 3. The molecule has 0 amide bonds. The van der Waals surface area contributed by atoms with Crippen molar-refractivity contribution in [2.24, 2.45) is 11.8 Å². The fourth-order valence-corrected chi connectivity index (χ4v) is 4.86. The van der Waals surface area contributed by atoms with E-state index >= 15 is 0 Å². The Bertz CT molecular complexity index is 1490. The molecule has 0 spiro atoms. The summed E-state index contributed by atoms with van der Waals surface area (Å²) in [4.78, 5) is 59.2. The number of aliphatic carboxylic acids is 4. The predicted molar refractivity (Wildman–Crippen MR) is 152 cm³/mol. The summed E-state index contributed by atoms with van der Waals surface area (Å²) >= 11 is 0. The molecule has 0 saturated carbocycles. The van der Waals surface area contributed by atoms with Crippen molar-refractivity contribution in [3.8, 4) is 34.1 Å². The summed E-state index contributed by atoms with van der Waals surface area (Å²) < 4.78 is 5.61. The Labute approximate surface area is 245 Å². The van der Waals surface area contributed by atoms with Crippen molar-refractivity contribution in [1.82, 2.24) is 15.0 Å². The van der Waals surface area contributed by atoms with Crippen molar-refractivity contribution in [2.45, 2.75) is 38.5 Å². The Balaban J connectivity index is 1.71. The molecule has 0 saturated heterocycles. The van der Waals surface area contributed by atoms with Gasteiger partial charge in [-0.2, -0.15) is 0 Å². The molecule has 0 aliphatic carbocycles. The molecule has 222 valence electrons. The zero-order valence-corrected chi connectivity index (χ0v) is 22.9. The number of furan rings is 1. The Morgan fingerprint density at radius 2 is 1.02 bits per heavy atom. The largest absolute Gasteiger partial charge is 0.481 e. The normalized spacial score (nSPS) is 11.1. The van der Waals surface area contributed by atoms with Gasteiger partial charge in [-0.15, -0.1) is 0 Å². The summed E-state index contributed by atoms with van der Waals surface area (Å²) in [7, 11) is 0. The maximum absolute atomic E-state index is 11.3. The average molecular weight is 588 g/mol. The van der Waals surface area contributed by atoms with E-state index in [1.807, 2.05) is 0 Å². The standard InChI is InChI=1S/C31H29N3O9/c35-28(36)12-18(13-29(37)38)10-21-4-1-6-23(32-21)25-16-20(27-8-3-9-43-27)17-26(34-25)24-7-2-5-22(33-24)11-19(14-30(39)40)15-31(41)42/h1-9,16-19H,10-15H2,(H,35,36)(H,37,38)(H,39,40)(H,41,42). The number of carboxylic acid groups (broad SMARTS) is 4. The molecule has 0 unspecified atom stereocenters. The summed E-state index contributed by atoms with van der Waals surface area (Å²) in [5.74, 6) is -5.09. The number of rotatable bonds is 15. The second-order valence-corrected chi connectivity index (χ2v) is 10.2. The van der Waals surface area contributed by atoms with E-state index in [0.29, 0.717) is 45.5 Å². The number of aromatic nitrogens is 3. The number of carboxylic acids is 4. The van der Waals surface area contributed by atoms with Crippen molar-refractivity contribution in [2.75, 3.05) is 0 Å². The van der Waals surface area contributed by atoms with E-state index in [1.54, 1.807) is 60.7 Å². The lowest BCUT2D eigenvalue weighted by Gasteiger charge is -2.14. The van der Waals surface area contributed by atoms with Gasteiger partial charge in [-0.25, -0.2) is 4.98 Å². The first-order chi connectivity index (χ1) is 20.5. The molecule has 0 aliphatic rings. The second-order valence-electron chi connectivity index (χ2n) is 10.2. The van der Waals surface area contributed by atoms with Crippen LogP contribution in [0.25, 0.3) is 34.1 Å². The molecule has 4 aromatic rings. The topological polar surface area (TPSA) is 201 Å². The van der Waals surface area contributed by atoms with E-state index < -0.39 is 35.7 Å². The van der Waals surface area contributed by atoms with E-state index in [0.717, 1.165) is 0 Å². The molecule has 4 heterocycles. The maximum atomic E-state index is 11.3. The van der Waals surface area contributed by atoms with Crippen LogP contribution in [0, 0.1) is 11.8 Å². The van der Waals surface area contributed by atoms with Gasteiger partial charge >= 0.3 is 23.9 Å². The summed E-state index contributed by atoms with van der Waals surface area (Å²) in [6, 6.07) is 17.4. The van der Waals surface area contributed by atoms with Crippen molar-refractivity contribution in [3.05, 3.63) is 78.3 Å². The lowest BCUT2D eigenvalue weighted by atomic mass is 9.95. The zero-order valence-electron chi connectivity index (χ0n) is 22.9. The van der Waals surface area contributed by atoms with Crippen molar-refractivity contribution in [1.29, 1.82) is 0 Å². The van der Waals surface area contributed by atoms with Gasteiger partial charge in [-0.05, 0) is 73.2 Å². The van der Waals surface area contributed by atoms with Crippen molar-refractivity contribution >= 4 is 23.9 Å². The van der Waals surface area contributed by atoms with Gasteiger partial charge in [0.15, 0.2) is 0 Å². The molecule has 4 N–H and O–H groups in total. The number of hydrogen-bond donors (Lipinski definition) is 4. The summed E-state index contributed by atoms with van der Waals surface area (Å²) in [5, 5.41) is 36.9. The first-order valence-corrected chi connectivity index (χ1v) is 13.4. The Morgan fingerprint density at radius 1 is 0.581 bits per heavy atom. The van der Waals surface area contributed by atoms with Gasteiger partial charge in [0.1, 0.15) is 5.76 Å². The highest BCUT2D eigenvalue weighted by Crippen LogP contribution is 2.30. The number of carbonyl (C=O) groups is 4. The highest BCUT2D eigenvalue weighted by atomic mass is 16.4. The monoisotopic (exact) mass is 587 g/mol. The third-order valence-corrected chi connectivity index (χ3v) is 6.62. The van der Waals surface area contributed by atoms with E-state index in [-0.39, 0.29) is 38.5 Å². The lowest BCUT2D eigenvalue weighted by molar-refractivity contribution is -0.142. The molecular formula is C31H29N3O9. The fourth-order valence-electron chi connectivity index (χ4n) is 4.86. The van der Waals surface area contributed by atoms with E-state index in [4.69, 9.17) is 9.40 Å². The Kier molecular flexibility index (Phi) is 9.94. The molecule has 4 aromatic heterocycles. The van der Waals surface area contributed by atoms with Gasteiger partial charge in [0, 0.05) is 42.6 Å². The number of pyridine rings is 3. The smallest absolute Gasteiger partial charge is 0.303 e. The molecule has 12 heteroatoms. The molecule has 43 heavy (non-hydrogen) atoms. The van der Waals surface area contributed by atoms with Gasteiger partial charge in [0.05, 0.1) is 29.0 Å². The van der Waals surface area contributed by atoms with Gasteiger partial charge < -0.3 is 24.8 Å². The molecule has 0 bridgehead atoms. The Morgan fingerprint density at radius 3 is 1.40 bits per heavy atom. The summed E-state index contributed by atoms with van der Waals surface area (Å²) in [5.41, 5.74) is 3.56. The minimum atomic E-state index is -1.09. The lowest BCUT2D eigenvalue weighted by Crippen LogP contribution is -2.16. The first-order valence-electron chi connectivity index (χ1n) is 13.4. The summed E-state index contributed by atoms with van der Waals surface area (Å²) in [6.07, 6.45) is 0.589. The van der Waals surface area contributed by atoms with Crippen LogP contribution in [0.2, 0.25) is 0 Å². The average Bonchev–Trinajstić information content (AvgIpc) is 3.47. The molecular weight excluding hydrogens is 558 g/mol. The first kappa shape index (κ1) is 30.6. The van der Waals surface area contributed by atoms with Crippen LogP contribution in [-0.4, -0.2) is 59.3 Å². The fraction of sp³-hybridized carbons (Fsp3) is 0.258. The summed E-state index contributed by atoms with van der Waals surface area (Å²) in [6.45, 7) is 0. The van der Waals surface area contributed by atoms with Gasteiger partial charge in [-0.3, -0.25) is 29.1 Å². The molecule has 0 fully saturated rings. The van der Waals surface area contributed by atoms with Crippen LogP contribution in [0.1, 0.15) is 37.1 Å². The highest BCUT2D eigenvalue weighted by Gasteiger charge is 2.21. The van der Waals surface area contributed by atoms with Crippen LogP contribution in [0.5, 0.6) is 0 Å². The number of hydrogen-bond acceptors (Lipinski definition) is 8. The van der Waals surface area contributed by atoms with Gasteiger partial charge in [-0.1, -0.05) is 12.1 Å². The van der Waals surface area contributed by atoms with Gasteiger partial charge in [0.25, 0.3) is 0 Å². The quantitative estimate of drug-likeness (QED) is 0.150. The molecule has 0 aromatic carbocycles. The van der Waals surface area contributed by atoms with E-state index in [1.165, 1.54) is 6.26 Å². The van der Waals surface area contributed by atoms with Gasteiger partial charge in [0.2, 0.25) is 0 Å². The molecule has 4 rings (SSSR count). The maximum Gasteiger partial charge on any atom is 0.303 e. The predicted octanol–water partition coefficient (Wildman–Crippen LogP) is 4.68. The van der Waals surface area contributed by atoms with Crippen LogP contribution in [0.3, 0.4) is 0 Å². The molecule has 0 radical (unpaired) electrons. The van der Waals surface area contributed by atoms with Crippen LogP contribution >= 0.6 is 0 Å². The van der Waals surface area contributed by atoms with Crippen LogP contribution in [-0.2, 0) is 32.0 Å². The highest BCUT2D eigenvalue weighted by molar-refractivity contribution is 5.73. The third-order valence-electron chi connectivity index (χ3n) is 6.62. The van der Waals surface area contributed by atoms with Crippen LogP contribution in [0.4, 0.5) is 0 Å². The van der Waals surface area contributed by atoms with Crippen molar-refractivity contribution < 1.29 is 44.0 Å². The third kappa shape index (κ3) is 9.05. The van der Waals surface area contributed by atoms with Crippen LogP contribution < -0.4 is 0 Å². The molecule has 12 nitrogen and oxygen atoms in total. The van der Waals surface area contributed by atoms with E-state index in [2.05, 4.69) is 9.97 Å². The molecule has 0 aliphatic heterocycles. The zero-order chi connectivity index (χ0) is 30.9. The van der Waals surface area contributed by atoms with Crippen LogP contribution in [0.15, 0.2) is 71.3 Å². The van der Waals surface area contributed by atoms with E-state index in [9.17, 15) is 39.6 Å². The molecule has 0 atom stereocenters. The SMILES string of the molecule is O=C(O)CC(CC(=O)O)Cc1cccc(-c2cc(-c3ccco3)cc(-c3cccc(CC(CC(=O)O)CC(=O)O)n3)n2)n1. The second kappa shape index (κ2) is 14.0. The minimum absolute atomic E-state index is 0.147. The minimum Gasteiger partial charge on any atom is -0.481 e. The van der Waals surface area contributed by atoms with Crippen molar-refractivity contribution in [3.63, 3.8) is 0 Å². The Hall–Kier alpha value is -5.39.